The molecule has 2 atom stereocenters. The molecule has 2 heterocycles. The average Bonchev–Trinajstić information content (AvgIpc) is 2.88. The van der Waals surface area contributed by atoms with Gasteiger partial charge in [0.25, 0.3) is 0 Å². The highest BCUT2D eigenvalue weighted by Gasteiger charge is 2.21. The van der Waals surface area contributed by atoms with Crippen molar-refractivity contribution in [2.75, 3.05) is 19.6 Å². The largest absolute Gasteiger partial charge is 0.333 e. The van der Waals surface area contributed by atoms with E-state index in [-0.39, 0.29) is 0 Å². The zero-order valence-electron chi connectivity index (χ0n) is 13.3. The van der Waals surface area contributed by atoms with Crippen LogP contribution >= 0.6 is 0 Å². The quantitative estimate of drug-likeness (QED) is 0.869. The minimum atomic E-state index is 0.408. The second-order valence-corrected chi connectivity index (χ2v) is 6.50. The Morgan fingerprint density at radius 1 is 1.20 bits per heavy atom. The van der Waals surface area contributed by atoms with Gasteiger partial charge in [-0.25, -0.2) is 4.98 Å². The molecule has 0 bridgehead atoms. The zero-order valence-corrected chi connectivity index (χ0v) is 13.3. The van der Waals surface area contributed by atoms with Crippen LogP contribution in [0.25, 0.3) is 0 Å². The van der Waals surface area contributed by atoms with E-state index < -0.39 is 0 Å². The molecule has 2 unspecified atom stereocenters. The van der Waals surface area contributed by atoms with Crippen molar-refractivity contribution in [3.8, 4) is 0 Å². The first-order valence-corrected chi connectivity index (χ1v) is 8.07. The van der Waals surface area contributed by atoms with E-state index in [9.17, 15) is 0 Å². The number of hydrogen-bond donors (Lipinski definition) is 1. The molecule has 20 heavy (non-hydrogen) atoms. The first-order chi connectivity index (χ1) is 9.63. The van der Waals surface area contributed by atoms with E-state index in [0.717, 1.165) is 6.54 Å². The molecule has 1 aliphatic rings. The van der Waals surface area contributed by atoms with Crippen LogP contribution in [0.4, 0.5) is 0 Å². The number of piperidine rings is 1. The van der Waals surface area contributed by atoms with Crippen molar-refractivity contribution >= 4 is 0 Å². The Bertz CT molecular complexity index is 393. The van der Waals surface area contributed by atoms with Crippen LogP contribution in [0.5, 0.6) is 0 Å². The van der Waals surface area contributed by atoms with Crippen molar-refractivity contribution in [1.29, 1.82) is 0 Å². The van der Waals surface area contributed by atoms with Crippen LogP contribution in [0.3, 0.4) is 0 Å². The van der Waals surface area contributed by atoms with Crippen molar-refractivity contribution < 1.29 is 0 Å². The molecule has 4 nitrogen and oxygen atoms in total. The van der Waals surface area contributed by atoms with Gasteiger partial charge in [0.15, 0.2) is 0 Å². The molecule has 1 saturated heterocycles. The normalized spacial score (nSPS) is 20.2. The lowest BCUT2D eigenvalue weighted by Gasteiger charge is -2.33. The Balaban J connectivity index is 2.04. The summed E-state index contributed by atoms with van der Waals surface area (Å²) in [4.78, 5) is 6.97. The van der Waals surface area contributed by atoms with E-state index in [1.165, 1.54) is 38.0 Å². The van der Waals surface area contributed by atoms with E-state index in [1.54, 1.807) is 0 Å². The predicted molar refractivity (Wildman–Crippen MR) is 83.7 cm³/mol. The summed E-state index contributed by atoms with van der Waals surface area (Å²) >= 11 is 0. The molecule has 0 spiro atoms. The molecule has 0 radical (unpaired) electrons. The summed E-state index contributed by atoms with van der Waals surface area (Å²) in [5, 5.41) is 0. The monoisotopic (exact) mass is 278 g/mol. The lowest BCUT2D eigenvalue weighted by atomic mass is 9.93. The summed E-state index contributed by atoms with van der Waals surface area (Å²) < 4.78 is 2.32. The van der Waals surface area contributed by atoms with Gasteiger partial charge in [0.05, 0.1) is 6.33 Å². The van der Waals surface area contributed by atoms with Crippen LogP contribution < -0.4 is 5.73 Å². The van der Waals surface area contributed by atoms with Crippen LogP contribution in [-0.4, -0.2) is 40.1 Å². The fraction of sp³-hybridized carbons (Fsp3) is 0.812. The molecule has 0 amide bonds. The Kier molecular flexibility index (Phi) is 5.61. The number of aromatic nitrogens is 2. The summed E-state index contributed by atoms with van der Waals surface area (Å²) in [6.07, 6.45) is 8.06. The van der Waals surface area contributed by atoms with Gasteiger partial charge in [-0.1, -0.05) is 20.3 Å². The third-order valence-electron chi connectivity index (χ3n) is 4.66. The Morgan fingerprint density at radius 3 is 2.50 bits per heavy atom. The molecule has 1 aromatic rings. The number of likely N-dealkylation sites (tertiary alicyclic amines) is 1. The standard InChI is InChI=1S/C16H30N4/c1-13(2)15(9-17)16-10-18-12-20(16)11-14(3)19-7-5-4-6-8-19/h10,12-15H,4-9,11,17H2,1-3H3. The third kappa shape index (κ3) is 3.61. The maximum absolute atomic E-state index is 5.96. The Labute approximate surface area is 123 Å². The van der Waals surface area contributed by atoms with Gasteiger partial charge in [-0.05, 0) is 38.8 Å². The lowest BCUT2D eigenvalue weighted by Crippen LogP contribution is -2.40. The smallest absolute Gasteiger partial charge is 0.0948 e. The van der Waals surface area contributed by atoms with Gasteiger partial charge in [-0.15, -0.1) is 0 Å². The van der Waals surface area contributed by atoms with Gasteiger partial charge in [0, 0.05) is 36.9 Å². The molecule has 0 saturated carbocycles. The number of nitrogens with two attached hydrogens (primary N) is 1. The summed E-state index contributed by atoms with van der Waals surface area (Å²) in [6.45, 7) is 11.0. The first kappa shape index (κ1) is 15.5. The van der Waals surface area contributed by atoms with E-state index in [1.807, 2.05) is 12.5 Å². The van der Waals surface area contributed by atoms with Gasteiger partial charge in [0.1, 0.15) is 0 Å². The van der Waals surface area contributed by atoms with Crippen molar-refractivity contribution in [2.24, 2.45) is 11.7 Å². The lowest BCUT2D eigenvalue weighted by molar-refractivity contribution is 0.158. The van der Waals surface area contributed by atoms with Crippen molar-refractivity contribution in [2.45, 2.75) is 58.5 Å². The summed E-state index contributed by atoms with van der Waals surface area (Å²) in [5.41, 5.74) is 7.25. The summed E-state index contributed by atoms with van der Waals surface area (Å²) in [6, 6.07) is 0.578. The predicted octanol–water partition coefficient (Wildman–Crippen LogP) is 2.46. The number of imidazole rings is 1. The SMILES string of the molecule is CC(C)C(CN)c1cncn1CC(C)N1CCCCC1. The highest BCUT2D eigenvalue weighted by atomic mass is 15.2. The van der Waals surface area contributed by atoms with Gasteiger partial charge >= 0.3 is 0 Å². The highest BCUT2D eigenvalue weighted by Crippen LogP contribution is 2.23. The minimum absolute atomic E-state index is 0.408. The fourth-order valence-electron chi connectivity index (χ4n) is 3.29. The van der Waals surface area contributed by atoms with Gasteiger partial charge < -0.3 is 10.3 Å². The molecule has 0 aliphatic carbocycles. The van der Waals surface area contributed by atoms with E-state index >= 15 is 0 Å². The average molecular weight is 278 g/mol. The van der Waals surface area contributed by atoms with Gasteiger partial charge in [-0.3, -0.25) is 4.90 Å². The van der Waals surface area contributed by atoms with Crippen LogP contribution in [-0.2, 0) is 6.54 Å². The number of nitrogens with zero attached hydrogens (tertiary/aromatic N) is 3. The molecule has 2 N–H and O–H groups in total. The number of hydrogen-bond acceptors (Lipinski definition) is 3. The van der Waals surface area contributed by atoms with Crippen molar-refractivity contribution in [1.82, 2.24) is 14.5 Å². The molecule has 4 heteroatoms. The highest BCUT2D eigenvalue weighted by molar-refractivity contribution is 5.08. The molecule has 2 rings (SSSR count). The topological polar surface area (TPSA) is 47.1 Å². The Hall–Kier alpha value is -0.870. The van der Waals surface area contributed by atoms with E-state index in [2.05, 4.69) is 35.2 Å². The van der Waals surface area contributed by atoms with E-state index in [4.69, 9.17) is 5.73 Å². The fourth-order valence-corrected chi connectivity index (χ4v) is 3.29. The third-order valence-corrected chi connectivity index (χ3v) is 4.66. The van der Waals surface area contributed by atoms with Crippen LogP contribution in [0.2, 0.25) is 0 Å². The van der Waals surface area contributed by atoms with E-state index in [0.29, 0.717) is 24.4 Å². The van der Waals surface area contributed by atoms with Crippen LogP contribution in [0.1, 0.15) is 51.6 Å². The molecule has 1 aliphatic heterocycles. The van der Waals surface area contributed by atoms with Crippen molar-refractivity contribution in [3.05, 3.63) is 18.2 Å². The van der Waals surface area contributed by atoms with Crippen LogP contribution in [0, 0.1) is 5.92 Å². The summed E-state index contributed by atoms with van der Waals surface area (Å²) in [7, 11) is 0. The second-order valence-electron chi connectivity index (χ2n) is 6.50. The number of rotatable bonds is 6. The summed E-state index contributed by atoms with van der Waals surface area (Å²) in [5.74, 6) is 0.965. The first-order valence-electron chi connectivity index (χ1n) is 8.07. The molecule has 1 fully saturated rings. The maximum Gasteiger partial charge on any atom is 0.0948 e. The van der Waals surface area contributed by atoms with Gasteiger partial charge in [-0.2, -0.15) is 0 Å². The molecule has 1 aromatic heterocycles. The molecular formula is C16H30N4. The molecular weight excluding hydrogens is 248 g/mol. The second kappa shape index (κ2) is 7.23. The minimum Gasteiger partial charge on any atom is -0.333 e. The van der Waals surface area contributed by atoms with Crippen molar-refractivity contribution in [3.63, 3.8) is 0 Å². The van der Waals surface area contributed by atoms with Gasteiger partial charge in [0.2, 0.25) is 0 Å². The maximum atomic E-state index is 5.96. The van der Waals surface area contributed by atoms with Crippen LogP contribution in [0.15, 0.2) is 12.5 Å². The molecule has 0 aromatic carbocycles. The Morgan fingerprint density at radius 2 is 1.90 bits per heavy atom. The molecule has 114 valence electrons. The zero-order chi connectivity index (χ0) is 14.5.